The minimum atomic E-state index is -3.96. The Morgan fingerprint density at radius 2 is 1.76 bits per heavy atom. The van der Waals surface area contributed by atoms with Gasteiger partial charge in [0, 0.05) is 24.3 Å². The zero-order chi connectivity index (χ0) is 24.5. The highest BCUT2D eigenvalue weighted by molar-refractivity contribution is 7.89. The topological polar surface area (TPSA) is 115 Å². The Kier molecular flexibility index (Phi) is 7.68. The van der Waals surface area contributed by atoms with Gasteiger partial charge in [-0.05, 0) is 30.3 Å². The summed E-state index contributed by atoms with van der Waals surface area (Å²) in [5, 5.41) is 7.01. The largest absolute Gasteiger partial charge is 0.379 e. The van der Waals surface area contributed by atoms with Crippen molar-refractivity contribution in [1.29, 1.82) is 0 Å². The van der Waals surface area contributed by atoms with Crippen LogP contribution < -0.4 is 5.32 Å². The number of alkyl halides is 2. The number of sulfonamides is 1. The van der Waals surface area contributed by atoms with Crippen LogP contribution in [0.1, 0.15) is 0 Å². The van der Waals surface area contributed by atoms with Gasteiger partial charge in [-0.15, -0.1) is 0 Å². The molecule has 2 heterocycles. The molecule has 9 nitrogen and oxygen atoms in total. The molecule has 0 atom stereocenters. The molecule has 4 rings (SSSR count). The molecule has 0 saturated carbocycles. The highest BCUT2D eigenvalue weighted by Gasteiger charge is 2.31. The Morgan fingerprint density at radius 1 is 1.09 bits per heavy atom. The molecule has 0 spiro atoms. The molecular weight excluding hydrogens is 550 g/mol. The fourth-order valence-electron chi connectivity index (χ4n) is 3.27. The van der Waals surface area contributed by atoms with E-state index in [1.54, 1.807) is 18.2 Å². The summed E-state index contributed by atoms with van der Waals surface area (Å²) in [6.07, 6.45) is 0. The van der Waals surface area contributed by atoms with Crippen molar-refractivity contribution in [2.24, 2.45) is 0 Å². The van der Waals surface area contributed by atoms with Crippen LogP contribution in [0.15, 0.2) is 45.8 Å². The summed E-state index contributed by atoms with van der Waals surface area (Å²) in [4.78, 5) is 14.9. The second kappa shape index (κ2) is 10.4. The summed E-state index contributed by atoms with van der Waals surface area (Å²) in [6.45, 7) is 0.917. The van der Waals surface area contributed by atoms with E-state index in [4.69, 9.17) is 55.7 Å². The van der Waals surface area contributed by atoms with Crippen molar-refractivity contribution in [3.8, 4) is 22.8 Å². The zero-order valence-corrected chi connectivity index (χ0v) is 21.0. The van der Waals surface area contributed by atoms with E-state index in [-0.39, 0.29) is 64.2 Å². The highest BCUT2D eigenvalue weighted by Crippen LogP contribution is 2.36. The second-order valence-electron chi connectivity index (χ2n) is 7.04. The number of ether oxygens (including phenoxy) is 1. The Bertz CT molecular complexity index is 1310. The van der Waals surface area contributed by atoms with Crippen LogP contribution in [0.5, 0.6) is 0 Å². The number of morpholine rings is 1. The summed E-state index contributed by atoms with van der Waals surface area (Å²) in [5.41, 5.74) is 0.622. The van der Waals surface area contributed by atoms with Crippen LogP contribution in [0.3, 0.4) is 0 Å². The molecule has 0 aliphatic carbocycles. The Hall–Kier alpha value is -1.92. The fraction of sp³-hybridized carbons (Fsp3) is 0.250. The van der Waals surface area contributed by atoms with E-state index >= 15 is 0 Å². The fourth-order valence-corrected chi connectivity index (χ4v) is 5.51. The van der Waals surface area contributed by atoms with Crippen LogP contribution in [0.2, 0.25) is 10.0 Å². The van der Waals surface area contributed by atoms with Crippen molar-refractivity contribution in [2.75, 3.05) is 31.6 Å². The molecule has 1 aliphatic rings. The van der Waals surface area contributed by atoms with Gasteiger partial charge in [-0.3, -0.25) is 4.79 Å². The van der Waals surface area contributed by atoms with Gasteiger partial charge in [-0.2, -0.15) is 9.29 Å². The van der Waals surface area contributed by atoms with Crippen LogP contribution in [-0.2, 0) is 19.6 Å². The molecule has 0 unspecified atom stereocenters. The lowest BCUT2D eigenvalue weighted by Crippen LogP contribution is -2.40. The quantitative estimate of drug-likeness (QED) is 0.438. The van der Waals surface area contributed by atoms with Gasteiger partial charge < -0.3 is 14.6 Å². The summed E-state index contributed by atoms with van der Waals surface area (Å²) < 4.78 is 38.8. The number of anilines is 1. The van der Waals surface area contributed by atoms with Crippen molar-refractivity contribution in [1.82, 2.24) is 14.4 Å². The number of nitrogens with zero attached hydrogens (tertiary/aromatic N) is 3. The van der Waals surface area contributed by atoms with Gasteiger partial charge in [0.05, 0.1) is 33.7 Å². The molecule has 1 N–H and O–H groups in total. The lowest BCUT2D eigenvalue weighted by atomic mass is 10.2. The van der Waals surface area contributed by atoms with Crippen molar-refractivity contribution in [3.63, 3.8) is 0 Å². The first-order valence-electron chi connectivity index (χ1n) is 9.78. The van der Waals surface area contributed by atoms with Gasteiger partial charge in [0.25, 0.3) is 11.8 Å². The maximum absolute atomic E-state index is 13.4. The van der Waals surface area contributed by atoms with Crippen LogP contribution in [-0.4, -0.2) is 59.9 Å². The monoisotopic (exact) mass is 564 g/mol. The predicted octanol–water partition coefficient (Wildman–Crippen LogP) is 4.47. The molecular formula is C20H16Cl4N4O5S. The molecule has 34 heavy (non-hydrogen) atoms. The van der Waals surface area contributed by atoms with E-state index in [9.17, 15) is 13.2 Å². The summed E-state index contributed by atoms with van der Waals surface area (Å²) in [7, 11) is -3.96. The molecule has 3 aromatic rings. The van der Waals surface area contributed by atoms with Crippen LogP contribution in [0, 0.1) is 0 Å². The number of amides is 1. The number of rotatable bonds is 6. The van der Waals surface area contributed by atoms with E-state index in [2.05, 4.69) is 15.5 Å². The van der Waals surface area contributed by atoms with Crippen molar-refractivity contribution >= 4 is 68.0 Å². The Balaban J connectivity index is 1.82. The van der Waals surface area contributed by atoms with E-state index in [1.165, 1.54) is 22.5 Å². The SMILES string of the molecule is O=C(Nc1ccc(S(=O)(=O)N2CCOCC2)c(-c2noc(-c3c(Cl)cccc3Cl)n2)c1)C(Cl)Cl. The number of carbonyl (C=O) groups is 1. The van der Waals surface area contributed by atoms with Crippen LogP contribution in [0.25, 0.3) is 22.8 Å². The number of hydrogen-bond acceptors (Lipinski definition) is 7. The minimum absolute atomic E-state index is 0.00339. The maximum Gasteiger partial charge on any atom is 0.261 e. The average Bonchev–Trinajstić information content (AvgIpc) is 3.29. The standard InChI is InChI=1S/C20H16Cl4N4O5S/c21-13-2-1-3-14(22)16(13)20-26-18(27-33-20)12-10-11(25-19(29)17(23)24)4-5-15(12)34(30,31)28-6-8-32-9-7-28/h1-5,10,17H,6-9H2,(H,25,29). The number of aromatic nitrogens is 2. The van der Waals surface area contributed by atoms with E-state index in [0.717, 1.165) is 0 Å². The molecule has 0 bridgehead atoms. The molecule has 14 heteroatoms. The first-order chi connectivity index (χ1) is 16.2. The minimum Gasteiger partial charge on any atom is -0.379 e. The summed E-state index contributed by atoms with van der Waals surface area (Å²) in [6, 6.07) is 9.01. The molecule has 1 amide bonds. The lowest BCUT2D eigenvalue weighted by molar-refractivity contribution is -0.114. The highest BCUT2D eigenvalue weighted by atomic mass is 35.5. The van der Waals surface area contributed by atoms with Crippen LogP contribution >= 0.6 is 46.4 Å². The average molecular weight is 566 g/mol. The van der Waals surface area contributed by atoms with Gasteiger partial charge in [0.1, 0.15) is 0 Å². The maximum atomic E-state index is 13.4. The van der Waals surface area contributed by atoms with Gasteiger partial charge in [-0.1, -0.05) is 57.6 Å². The van der Waals surface area contributed by atoms with Gasteiger partial charge in [0.15, 0.2) is 4.84 Å². The third-order valence-electron chi connectivity index (χ3n) is 4.88. The smallest absolute Gasteiger partial charge is 0.261 e. The lowest BCUT2D eigenvalue weighted by Gasteiger charge is -2.26. The van der Waals surface area contributed by atoms with Gasteiger partial charge in [0.2, 0.25) is 15.8 Å². The molecule has 2 aromatic carbocycles. The first kappa shape index (κ1) is 25.2. The van der Waals surface area contributed by atoms with Gasteiger partial charge in [-0.25, -0.2) is 8.42 Å². The molecule has 1 aromatic heterocycles. The van der Waals surface area contributed by atoms with Crippen molar-refractivity contribution in [2.45, 2.75) is 9.73 Å². The number of halogens is 4. The third kappa shape index (κ3) is 5.18. The number of nitrogens with one attached hydrogen (secondary N) is 1. The Labute approximate surface area is 214 Å². The number of carbonyl (C=O) groups excluding carboxylic acids is 1. The van der Waals surface area contributed by atoms with Gasteiger partial charge >= 0.3 is 0 Å². The molecule has 1 saturated heterocycles. The van der Waals surface area contributed by atoms with E-state index < -0.39 is 20.8 Å². The normalized spacial score (nSPS) is 15.0. The first-order valence-corrected chi connectivity index (χ1v) is 12.8. The van der Waals surface area contributed by atoms with Crippen LogP contribution in [0.4, 0.5) is 5.69 Å². The predicted molar refractivity (Wildman–Crippen MR) is 129 cm³/mol. The summed E-state index contributed by atoms with van der Waals surface area (Å²) >= 11 is 23.7. The molecule has 1 aliphatic heterocycles. The summed E-state index contributed by atoms with van der Waals surface area (Å²) in [5.74, 6) is -0.742. The second-order valence-corrected chi connectivity index (χ2v) is 10.9. The third-order valence-corrected chi connectivity index (χ3v) is 7.86. The van der Waals surface area contributed by atoms with Crippen molar-refractivity contribution in [3.05, 3.63) is 46.4 Å². The number of benzene rings is 2. The molecule has 0 radical (unpaired) electrons. The molecule has 1 fully saturated rings. The van der Waals surface area contributed by atoms with E-state index in [1.807, 2.05) is 0 Å². The number of hydrogen-bond donors (Lipinski definition) is 1. The van der Waals surface area contributed by atoms with E-state index in [0.29, 0.717) is 5.56 Å². The molecule has 180 valence electrons. The Morgan fingerprint density at radius 3 is 2.41 bits per heavy atom. The van der Waals surface area contributed by atoms with Crippen molar-refractivity contribution < 1.29 is 22.5 Å². The zero-order valence-electron chi connectivity index (χ0n) is 17.2.